The van der Waals surface area contributed by atoms with Crippen LogP contribution in [0.25, 0.3) is 5.69 Å². The second-order valence-corrected chi connectivity index (χ2v) is 6.54. The summed E-state index contributed by atoms with van der Waals surface area (Å²) in [5.41, 5.74) is 0.863. The van der Waals surface area contributed by atoms with Crippen LogP contribution in [0.4, 0.5) is 0 Å². The van der Waals surface area contributed by atoms with Gasteiger partial charge >= 0.3 is 5.97 Å². The molecule has 0 saturated heterocycles. The lowest BCUT2D eigenvalue weighted by Gasteiger charge is -2.18. The summed E-state index contributed by atoms with van der Waals surface area (Å²) in [6, 6.07) is 15.4. The fourth-order valence-electron chi connectivity index (χ4n) is 2.90. The van der Waals surface area contributed by atoms with Gasteiger partial charge in [-0.3, -0.25) is 9.59 Å². The maximum atomic E-state index is 12.9. The average molecular weight is 407 g/mol. The second-order valence-electron chi connectivity index (χ2n) is 6.54. The summed E-state index contributed by atoms with van der Waals surface area (Å²) < 4.78 is 6.08. The molecule has 0 aliphatic rings. The van der Waals surface area contributed by atoms with Crippen molar-refractivity contribution in [2.24, 2.45) is 0 Å². The smallest absolute Gasteiger partial charge is 0.333 e. The second kappa shape index (κ2) is 9.04. The molecule has 2 aromatic carbocycles. The topological polar surface area (TPSA) is 111 Å². The van der Waals surface area contributed by atoms with Crippen LogP contribution in [0, 0.1) is 6.92 Å². The Hall–Kier alpha value is -3.94. The Morgan fingerprint density at radius 2 is 1.87 bits per heavy atom. The first kappa shape index (κ1) is 20.8. The molecule has 8 heteroatoms. The van der Waals surface area contributed by atoms with Gasteiger partial charge in [0.2, 0.25) is 0 Å². The Kier molecular flexibility index (Phi) is 6.26. The van der Waals surface area contributed by atoms with Gasteiger partial charge in [0.15, 0.2) is 17.5 Å². The number of aryl methyl sites for hydroxylation is 1. The van der Waals surface area contributed by atoms with E-state index in [4.69, 9.17) is 4.74 Å². The summed E-state index contributed by atoms with van der Waals surface area (Å²) in [4.78, 5) is 37.6. The lowest BCUT2D eigenvalue weighted by atomic mass is 10.1. The molecule has 0 radical (unpaired) electrons. The van der Waals surface area contributed by atoms with E-state index >= 15 is 0 Å². The quantitative estimate of drug-likeness (QED) is 0.607. The molecule has 1 amide bonds. The van der Waals surface area contributed by atoms with Crippen molar-refractivity contribution in [3.05, 3.63) is 87.8 Å². The molecule has 1 unspecified atom stereocenters. The number of aromatic hydroxyl groups is 1. The summed E-state index contributed by atoms with van der Waals surface area (Å²) in [5, 5.41) is 16.7. The fourth-order valence-corrected chi connectivity index (χ4v) is 2.90. The summed E-state index contributed by atoms with van der Waals surface area (Å²) in [6.45, 7) is 3.65. The van der Waals surface area contributed by atoms with Gasteiger partial charge in [-0.2, -0.15) is 9.78 Å². The van der Waals surface area contributed by atoms with Gasteiger partial charge in [-0.15, -0.1) is 0 Å². The van der Waals surface area contributed by atoms with E-state index in [1.54, 1.807) is 55.5 Å². The summed E-state index contributed by atoms with van der Waals surface area (Å²) in [7, 11) is 0. The highest BCUT2D eigenvalue weighted by Gasteiger charge is 2.27. The van der Waals surface area contributed by atoms with Crippen LogP contribution in [0.15, 0.2) is 65.5 Å². The number of nitrogens with zero attached hydrogens (tertiary/aromatic N) is 2. The summed E-state index contributed by atoms with van der Waals surface area (Å²) in [6.07, 6.45) is 0. The molecule has 1 aromatic heterocycles. The molecule has 0 saturated carbocycles. The van der Waals surface area contributed by atoms with Crippen LogP contribution in [0.2, 0.25) is 0 Å². The molecule has 1 atom stereocenters. The normalized spacial score (nSPS) is 11.5. The predicted octanol–water partition coefficient (Wildman–Crippen LogP) is 2.28. The first-order valence-corrected chi connectivity index (χ1v) is 9.33. The zero-order chi connectivity index (χ0) is 21.7. The molecule has 0 fully saturated rings. The first-order chi connectivity index (χ1) is 14.4. The van der Waals surface area contributed by atoms with Crippen LogP contribution in [0.3, 0.4) is 0 Å². The van der Waals surface area contributed by atoms with Crippen molar-refractivity contribution >= 4 is 11.9 Å². The van der Waals surface area contributed by atoms with Crippen LogP contribution in [0.5, 0.6) is 5.75 Å². The molecule has 0 spiro atoms. The summed E-state index contributed by atoms with van der Waals surface area (Å²) in [5.74, 6) is -2.06. The molecule has 154 valence electrons. The van der Waals surface area contributed by atoms with Gasteiger partial charge in [0, 0.05) is 6.07 Å². The van der Waals surface area contributed by atoms with Crippen LogP contribution < -0.4 is 10.9 Å². The van der Waals surface area contributed by atoms with E-state index in [2.05, 4.69) is 10.4 Å². The molecule has 1 heterocycles. The van der Waals surface area contributed by atoms with Gasteiger partial charge in [-0.05, 0) is 37.1 Å². The van der Waals surface area contributed by atoms with Crippen LogP contribution in [-0.2, 0) is 9.53 Å². The molecule has 2 N–H and O–H groups in total. The number of esters is 1. The van der Waals surface area contributed by atoms with E-state index in [1.165, 1.54) is 0 Å². The molecule has 3 rings (SSSR count). The first-order valence-electron chi connectivity index (χ1n) is 9.33. The third-order valence-corrected chi connectivity index (χ3v) is 4.30. The van der Waals surface area contributed by atoms with Crippen molar-refractivity contribution in [3.63, 3.8) is 0 Å². The number of rotatable bonds is 6. The maximum absolute atomic E-state index is 12.9. The number of hydrogen-bond donors (Lipinski definition) is 2. The van der Waals surface area contributed by atoms with E-state index in [0.29, 0.717) is 11.3 Å². The highest BCUT2D eigenvalue weighted by atomic mass is 16.5. The minimum absolute atomic E-state index is 0.139. The minimum Gasteiger partial charge on any atom is -0.505 e. The van der Waals surface area contributed by atoms with Gasteiger partial charge in [0.25, 0.3) is 11.5 Å². The number of carbonyl (C=O) groups excluding carboxylic acids is 2. The zero-order valence-electron chi connectivity index (χ0n) is 16.5. The lowest BCUT2D eigenvalue weighted by molar-refractivity contribution is -0.145. The standard InChI is InChI=1S/C22H21N3O5/c1-3-30-22(29)19(15-9-5-4-6-10-15)23-21(28)20-17(26)13-18(27)25(24-20)16-11-7-8-14(2)12-16/h4-13,19,26H,3H2,1-2H3,(H,23,28). The number of aromatic nitrogens is 2. The molecule has 8 nitrogen and oxygen atoms in total. The van der Waals surface area contributed by atoms with Gasteiger partial charge in [-0.25, -0.2) is 4.79 Å². The van der Waals surface area contributed by atoms with Crippen LogP contribution >= 0.6 is 0 Å². The van der Waals surface area contributed by atoms with Crippen molar-refractivity contribution in [3.8, 4) is 11.4 Å². The molecule has 3 aromatic rings. The zero-order valence-corrected chi connectivity index (χ0v) is 16.5. The Morgan fingerprint density at radius 3 is 2.53 bits per heavy atom. The monoisotopic (exact) mass is 407 g/mol. The van der Waals surface area contributed by atoms with E-state index in [1.807, 2.05) is 13.0 Å². The number of benzene rings is 2. The fraction of sp³-hybridized carbons (Fsp3) is 0.182. The van der Waals surface area contributed by atoms with Gasteiger partial charge in [0.1, 0.15) is 0 Å². The third kappa shape index (κ3) is 4.54. The number of ether oxygens (including phenoxy) is 1. The maximum Gasteiger partial charge on any atom is 0.333 e. The molecular formula is C22H21N3O5. The minimum atomic E-state index is -1.10. The van der Waals surface area contributed by atoms with E-state index in [0.717, 1.165) is 16.3 Å². The molecular weight excluding hydrogens is 386 g/mol. The number of nitrogens with one attached hydrogen (secondary N) is 1. The Bertz CT molecular complexity index is 1130. The molecule has 30 heavy (non-hydrogen) atoms. The predicted molar refractivity (Wildman–Crippen MR) is 110 cm³/mol. The van der Waals surface area contributed by atoms with E-state index < -0.39 is 29.2 Å². The van der Waals surface area contributed by atoms with Crippen molar-refractivity contribution in [1.82, 2.24) is 15.1 Å². The number of hydrogen-bond acceptors (Lipinski definition) is 6. The largest absolute Gasteiger partial charge is 0.505 e. The Labute approximate surface area is 172 Å². The van der Waals surface area contributed by atoms with E-state index in [-0.39, 0.29) is 12.3 Å². The molecule has 0 bridgehead atoms. The number of amides is 1. The van der Waals surface area contributed by atoms with Crippen molar-refractivity contribution in [2.45, 2.75) is 19.9 Å². The lowest BCUT2D eigenvalue weighted by Crippen LogP contribution is -2.36. The highest BCUT2D eigenvalue weighted by Crippen LogP contribution is 2.18. The van der Waals surface area contributed by atoms with Crippen LogP contribution in [-0.4, -0.2) is 33.4 Å². The van der Waals surface area contributed by atoms with E-state index in [9.17, 15) is 19.5 Å². The Morgan fingerprint density at radius 1 is 1.13 bits per heavy atom. The van der Waals surface area contributed by atoms with Gasteiger partial charge in [0.05, 0.1) is 12.3 Å². The summed E-state index contributed by atoms with van der Waals surface area (Å²) >= 11 is 0. The SMILES string of the molecule is CCOC(=O)C(NC(=O)c1nn(-c2cccc(C)c2)c(=O)cc1O)c1ccccc1. The van der Waals surface area contributed by atoms with Crippen molar-refractivity contribution < 1.29 is 19.4 Å². The van der Waals surface area contributed by atoms with Crippen molar-refractivity contribution in [1.29, 1.82) is 0 Å². The van der Waals surface area contributed by atoms with Gasteiger partial charge < -0.3 is 15.2 Å². The highest BCUT2D eigenvalue weighted by molar-refractivity contribution is 5.97. The molecule has 0 aliphatic heterocycles. The Balaban J connectivity index is 1.98. The number of carbonyl (C=O) groups is 2. The van der Waals surface area contributed by atoms with Gasteiger partial charge in [-0.1, -0.05) is 42.5 Å². The molecule has 0 aliphatic carbocycles. The van der Waals surface area contributed by atoms with Crippen molar-refractivity contribution in [2.75, 3.05) is 6.61 Å². The van der Waals surface area contributed by atoms with Crippen LogP contribution in [0.1, 0.15) is 34.6 Å². The third-order valence-electron chi connectivity index (χ3n) is 4.30. The average Bonchev–Trinajstić information content (AvgIpc) is 2.72.